The number of benzene rings is 1. The Kier molecular flexibility index (Phi) is 6.26. The maximum Gasteiger partial charge on any atom is 0.246 e. The van der Waals surface area contributed by atoms with Crippen molar-refractivity contribution < 1.29 is 17.6 Å². The highest BCUT2D eigenvalue weighted by molar-refractivity contribution is 7.89. The van der Waals surface area contributed by atoms with Crippen molar-refractivity contribution in [2.75, 3.05) is 45.8 Å². The van der Waals surface area contributed by atoms with E-state index in [1.807, 2.05) is 4.90 Å². The zero-order chi connectivity index (χ0) is 18.6. The Labute approximate surface area is 154 Å². The Morgan fingerprint density at radius 3 is 2.27 bits per heavy atom. The van der Waals surface area contributed by atoms with E-state index in [2.05, 4.69) is 4.90 Å². The lowest BCUT2D eigenvalue weighted by Gasteiger charge is -2.34. The fourth-order valence-corrected chi connectivity index (χ4v) is 5.03. The van der Waals surface area contributed by atoms with Crippen LogP contribution in [-0.4, -0.2) is 74.2 Å². The number of likely N-dealkylation sites (tertiary alicyclic amines) is 1. The molecule has 1 aromatic rings. The minimum absolute atomic E-state index is 0.186. The molecule has 144 valence electrons. The van der Waals surface area contributed by atoms with Gasteiger partial charge in [0, 0.05) is 52.2 Å². The summed E-state index contributed by atoms with van der Waals surface area (Å²) in [5.74, 6) is -0.534. The maximum absolute atomic E-state index is 13.8. The van der Waals surface area contributed by atoms with Crippen LogP contribution in [0.25, 0.3) is 0 Å². The van der Waals surface area contributed by atoms with Crippen molar-refractivity contribution in [3.05, 3.63) is 30.1 Å². The van der Waals surface area contributed by atoms with E-state index in [4.69, 9.17) is 0 Å². The van der Waals surface area contributed by atoms with E-state index in [9.17, 15) is 17.6 Å². The number of halogens is 1. The summed E-state index contributed by atoms with van der Waals surface area (Å²) in [6.07, 6.45) is 3.83. The molecule has 0 saturated carbocycles. The van der Waals surface area contributed by atoms with Gasteiger partial charge in [-0.2, -0.15) is 4.31 Å². The number of amides is 1. The molecule has 26 heavy (non-hydrogen) atoms. The fourth-order valence-electron chi connectivity index (χ4n) is 3.54. The van der Waals surface area contributed by atoms with E-state index in [1.54, 1.807) is 0 Å². The Morgan fingerprint density at radius 2 is 1.62 bits per heavy atom. The molecule has 1 aromatic carbocycles. The van der Waals surface area contributed by atoms with Gasteiger partial charge in [0.25, 0.3) is 0 Å². The summed E-state index contributed by atoms with van der Waals surface area (Å²) in [5, 5.41) is 0. The zero-order valence-electron chi connectivity index (χ0n) is 14.9. The van der Waals surface area contributed by atoms with Gasteiger partial charge in [0.15, 0.2) is 0 Å². The van der Waals surface area contributed by atoms with Crippen LogP contribution < -0.4 is 0 Å². The average molecular weight is 383 g/mol. The van der Waals surface area contributed by atoms with Crippen LogP contribution in [0.3, 0.4) is 0 Å². The molecule has 2 aliphatic rings. The summed E-state index contributed by atoms with van der Waals surface area (Å²) in [6.45, 7) is 4.09. The molecule has 3 rings (SSSR count). The summed E-state index contributed by atoms with van der Waals surface area (Å²) in [6, 6.07) is 5.47. The lowest BCUT2D eigenvalue weighted by molar-refractivity contribution is -0.132. The second kappa shape index (κ2) is 8.45. The summed E-state index contributed by atoms with van der Waals surface area (Å²) in [4.78, 5) is 16.0. The molecule has 1 amide bonds. The average Bonchev–Trinajstić information content (AvgIpc) is 2.67. The van der Waals surface area contributed by atoms with Gasteiger partial charge in [-0.25, -0.2) is 12.8 Å². The van der Waals surface area contributed by atoms with Crippen molar-refractivity contribution in [1.29, 1.82) is 0 Å². The highest BCUT2D eigenvalue weighted by Gasteiger charge is 2.30. The quantitative estimate of drug-likeness (QED) is 0.774. The third-order valence-electron chi connectivity index (χ3n) is 5.14. The van der Waals surface area contributed by atoms with Crippen LogP contribution in [0.5, 0.6) is 0 Å². The number of piperidine rings is 1. The SMILES string of the molecule is O=C(CCN1CCN(S(=O)(=O)c2ccccc2F)CC1)N1CCCCC1. The molecule has 6 nitrogen and oxygen atoms in total. The van der Waals surface area contributed by atoms with Crippen molar-refractivity contribution in [2.24, 2.45) is 0 Å². The smallest absolute Gasteiger partial charge is 0.246 e. The van der Waals surface area contributed by atoms with Crippen LogP contribution in [0.15, 0.2) is 29.2 Å². The first-order chi connectivity index (χ1) is 12.5. The largest absolute Gasteiger partial charge is 0.343 e. The molecule has 2 fully saturated rings. The molecular weight excluding hydrogens is 357 g/mol. The molecule has 0 spiro atoms. The van der Waals surface area contributed by atoms with E-state index in [1.165, 1.54) is 28.9 Å². The van der Waals surface area contributed by atoms with Crippen molar-refractivity contribution >= 4 is 15.9 Å². The minimum Gasteiger partial charge on any atom is -0.343 e. The Bertz CT molecular complexity index is 727. The molecular formula is C18H26FN3O3S. The standard InChI is InChI=1S/C18H26FN3O3S/c19-16-6-2-3-7-17(16)26(24,25)22-14-12-20(13-15-22)11-8-18(23)21-9-4-1-5-10-21/h2-3,6-7H,1,4-5,8-15H2. The molecule has 8 heteroatoms. The topological polar surface area (TPSA) is 60.9 Å². The number of piperazine rings is 1. The van der Waals surface area contributed by atoms with Gasteiger partial charge >= 0.3 is 0 Å². The number of rotatable bonds is 5. The lowest BCUT2D eigenvalue weighted by atomic mass is 10.1. The number of hydrogen-bond acceptors (Lipinski definition) is 4. The number of sulfonamides is 1. The number of nitrogens with zero attached hydrogens (tertiary/aromatic N) is 3. The van der Waals surface area contributed by atoms with E-state index < -0.39 is 15.8 Å². The molecule has 0 N–H and O–H groups in total. The molecule has 0 aromatic heterocycles. The fraction of sp³-hybridized carbons (Fsp3) is 0.611. The second-order valence-electron chi connectivity index (χ2n) is 6.87. The highest BCUT2D eigenvalue weighted by atomic mass is 32.2. The first kappa shape index (κ1) is 19.3. The first-order valence-electron chi connectivity index (χ1n) is 9.23. The Hall–Kier alpha value is -1.51. The van der Waals surface area contributed by atoms with Crippen LogP contribution >= 0.6 is 0 Å². The number of carbonyl (C=O) groups is 1. The third-order valence-corrected chi connectivity index (χ3v) is 7.07. The maximum atomic E-state index is 13.8. The van der Waals surface area contributed by atoms with Crippen molar-refractivity contribution in [3.63, 3.8) is 0 Å². The van der Waals surface area contributed by atoms with Gasteiger partial charge in [-0.15, -0.1) is 0 Å². The van der Waals surface area contributed by atoms with E-state index >= 15 is 0 Å². The predicted octanol–water partition coefficient (Wildman–Crippen LogP) is 1.53. The van der Waals surface area contributed by atoms with Gasteiger partial charge in [0.1, 0.15) is 10.7 Å². The van der Waals surface area contributed by atoms with Crippen LogP contribution in [-0.2, 0) is 14.8 Å². The molecule has 0 bridgehead atoms. The number of carbonyl (C=O) groups excluding carboxylic acids is 1. The van der Waals surface area contributed by atoms with E-state index in [-0.39, 0.29) is 10.8 Å². The van der Waals surface area contributed by atoms with Gasteiger partial charge in [-0.3, -0.25) is 4.79 Å². The Morgan fingerprint density at radius 1 is 0.962 bits per heavy atom. The lowest BCUT2D eigenvalue weighted by Crippen LogP contribution is -2.49. The summed E-state index contributed by atoms with van der Waals surface area (Å²) in [7, 11) is -3.81. The predicted molar refractivity (Wildman–Crippen MR) is 96.6 cm³/mol. The molecule has 2 heterocycles. The Balaban J connectivity index is 1.49. The van der Waals surface area contributed by atoms with Crippen LogP contribution in [0.4, 0.5) is 4.39 Å². The molecule has 0 unspecified atom stereocenters. The van der Waals surface area contributed by atoms with Crippen molar-refractivity contribution in [1.82, 2.24) is 14.1 Å². The molecule has 2 saturated heterocycles. The number of hydrogen-bond donors (Lipinski definition) is 0. The summed E-state index contributed by atoms with van der Waals surface area (Å²) in [5.41, 5.74) is 0. The van der Waals surface area contributed by atoms with Crippen molar-refractivity contribution in [2.45, 2.75) is 30.6 Å². The van der Waals surface area contributed by atoms with Crippen LogP contribution in [0, 0.1) is 5.82 Å². The van der Waals surface area contributed by atoms with Gasteiger partial charge in [0.2, 0.25) is 15.9 Å². The summed E-state index contributed by atoms with van der Waals surface area (Å²) < 4.78 is 40.4. The monoisotopic (exact) mass is 383 g/mol. The van der Waals surface area contributed by atoms with Gasteiger partial charge in [-0.05, 0) is 31.4 Å². The summed E-state index contributed by atoms with van der Waals surface area (Å²) >= 11 is 0. The minimum atomic E-state index is -3.81. The van der Waals surface area contributed by atoms with Gasteiger partial charge in [-0.1, -0.05) is 12.1 Å². The van der Waals surface area contributed by atoms with E-state index in [0.29, 0.717) is 39.1 Å². The molecule has 2 aliphatic heterocycles. The molecule has 0 aliphatic carbocycles. The molecule has 0 radical (unpaired) electrons. The van der Waals surface area contributed by atoms with Crippen LogP contribution in [0.2, 0.25) is 0 Å². The van der Waals surface area contributed by atoms with Crippen molar-refractivity contribution in [3.8, 4) is 0 Å². The third kappa shape index (κ3) is 4.42. The highest BCUT2D eigenvalue weighted by Crippen LogP contribution is 2.20. The molecule has 0 atom stereocenters. The normalized spacial score (nSPS) is 20.3. The second-order valence-corrected chi connectivity index (χ2v) is 8.77. The zero-order valence-corrected chi connectivity index (χ0v) is 15.8. The first-order valence-corrected chi connectivity index (χ1v) is 10.7. The van der Waals surface area contributed by atoms with E-state index in [0.717, 1.165) is 32.0 Å². The van der Waals surface area contributed by atoms with Crippen LogP contribution in [0.1, 0.15) is 25.7 Å². The van der Waals surface area contributed by atoms with Gasteiger partial charge in [0.05, 0.1) is 0 Å². The van der Waals surface area contributed by atoms with Gasteiger partial charge < -0.3 is 9.80 Å².